The lowest BCUT2D eigenvalue weighted by molar-refractivity contribution is 0.204. The van der Waals surface area contributed by atoms with E-state index in [4.69, 9.17) is 11.6 Å². The number of hydrogen-bond acceptors (Lipinski definition) is 2. The van der Waals surface area contributed by atoms with Crippen LogP contribution < -0.4 is 5.32 Å². The van der Waals surface area contributed by atoms with Crippen LogP contribution in [0.4, 0.5) is 0 Å². The first kappa shape index (κ1) is 17.5. The Labute approximate surface area is 129 Å². The second kappa shape index (κ2) is 7.46. The number of hydrogen-bond donors (Lipinski definition) is 1. The Morgan fingerprint density at radius 3 is 2.40 bits per heavy atom. The van der Waals surface area contributed by atoms with Crippen molar-refractivity contribution in [2.24, 2.45) is 11.3 Å². The molecule has 1 aromatic heterocycles. The van der Waals surface area contributed by atoms with Gasteiger partial charge in [0.1, 0.15) is 0 Å². The van der Waals surface area contributed by atoms with Crippen LogP contribution in [-0.4, -0.2) is 22.9 Å². The minimum absolute atomic E-state index is 0.192. The van der Waals surface area contributed by atoms with E-state index in [9.17, 15) is 0 Å². The predicted molar refractivity (Wildman–Crippen MR) is 87.5 cm³/mol. The fourth-order valence-corrected chi connectivity index (χ4v) is 2.79. The minimum Gasteiger partial charge on any atom is -0.316 e. The zero-order valence-electron chi connectivity index (χ0n) is 13.9. The SMILES string of the molecule is CCNCC(C)(Cc1c(Cl)c(CC)nn1CC)C(C)C. The predicted octanol–water partition coefficient (Wildman–Crippen LogP) is 3.93. The largest absolute Gasteiger partial charge is 0.316 e. The minimum atomic E-state index is 0.192. The van der Waals surface area contributed by atoms with Gasteiger partial charge in [0.15, 0.2) is 0 Å². The third-order valence-corrected chi connectivity index (χ3v) is 4.87. The molecule has 1 unspecified atom stereocenters. The van der Waals surface area contributed by atoms with E-state index in [-0.39, 0.29) is 5.41 Å². The molecule has 1 heterocycles. The molecule has 0 saturated heterocycles. The molecule has 3 nitrogen and oxygen atoms in total. The Morgan fingerprint density at radius 2 is 1.95 bits per heavy atom. The lowest BCUT2D eigenvalue weighted by Crippen LogP contribution is -2.38. The third kappa shape index (κ3) is 3.76. The molecule has 0 bridgehead atoms. The van der Waals surface area contributed by atoms with Crippen molar-refractivity contribution >= 4 is 11.6 Å². The maximum absolute atomic E-state index is 6.55. The van der Waals surface area contributed by atoms with Gasteiger partial charge in [0, 0.05) is 13.1 Å². The van der Waals surface area contributed by atoms with Crippen molar-refractivity contribution in [2.75, 3.05) is 13.1 Å². The number of nitrogens with zero attached hydrogens (tertiary/aromatic N) is 2. The van der Waals surface area contributed by atoms with Crippen LogP contribution in [0.5, 0.6) is 0 Å². The highest BCUT2D eigenvalue weighted by Crippen LogP contribution is 2.34. The molecule has 20 heavy (non-hydrogen) atoms. The lowest BCUT2D eigenvalue weighted by Gasteiger charge is -2.34. The van der Waals surface area contributed by atoms with E-state index < -0.39 is 0 Å². The van der Waals surface area contributed by atoms with Gasteiger partial charge in [0.05, 0.1) is 16.4 Å². The maximum atomic E-state index is 6.55. The van der Waals surface area contributed by atoms with Crippen molar-refractivity contribution in [3.05, 3.63) is 16.4 Å². The fourth-order valence-electron chi connectivity index (χ4n) is 2.45. The lowest BCUT2D eigenvalue weighted by atomic mass is 9.75. The van der Waals surface area contributed by atoms with Gasteiger partial charge in [-0.3, -0.25) is 4.68 Å². The highest BCUT2D eigenvalue weighted by molar-refractivity contribution is 6.31. The van der Waals surface area contributed by atoms with E-state index in [1.165, 1.54) is 5.69 Å². The summed E-state index contributed by atoms with van der Waals surface area (Å²) in [7, 11) is 0. The summed E-state index contributed by atoms with van der Waals surface area (Å²) < 4.78 is 2.08. The fraction of sp³-hybridized carbons (Fsp3) is 0.812. The molecule has 1 aromatic rings. The first-order chi connectivity index (χ1) is 9.39. The van der Waals surface area contributed by atoms with E-state index in [0.717, 1.165) is 43.2 Å². The molecule has 0 spiro atoms. The Hall–Kier alpha value is -0.540. The Kier molecular flexibility index (Phi) is 6.53. The summed E-state index contributed by atoms with van der Waals surface area (Å²) in [5.41, 5.74) is 2.41. The topological polar surface area (TPSA) is 29.9 Å². The van der Waals surface area contributed by atoms with E-state index in [2.05, 4.69) is 56.6 Å². The molecule has 1 rings (SSSR count). The van der Waals surface area contributed by atoms with Crippen molar-refractivity contribution in [3.63, 3.8) is 0 Å². The number of halogens is 1. The highest BCUT2D eigenvalue weighted by Gasteiger charge is 2.31. The first-order valence-electron chi connectivity index (χ1n) is 7.84. The van der Waals surface area contributed by atoms with E-state index in [1.807, 2.05) is 0 Å². The summed E-state index contributed by atoms with van der Waals surface area (Å²) in [4.78, 5) is 0. The number of aromatic nitrogens is 2. The second-order valence-electron chi connectivity index (χ2n) is 6.14. The van der Waals surface area contributed by atoms with Crippen LogP contribution >= 0.6 is 11.6 Å². The van der Waals surface area contributed by atoms with Crippen molar-refractivity contribution in [1.29, 1.82) is 0 Å². The summed E-state index contributed by atoms with van der Waals surface area (Å²) in [6.07, 6.45) is 1.86. The smallest absolute Gasteiger partial charge is 0.0850 e. The van der Waals surface area contributed by atoms with Crippen LogP contribution in [0.2, 0.25) is 5.02 Å². The molecule has 1 atom stereocenters. The van der Waals surface area contributed by atoms with Gasteiger partial charge in [-0.05, 0) is 37.6 Å². The Morgan fingerprint density at radius 1 is 1.30 bits per heavy atom. The van der Waals surface area contributed by atoms with Gasteiger partial charge in [-0.1, -0.05) is 46.2 Å². The van der Waals surface area contributed by atoms with Crippen LogP contribution in [0.15, 0.2) is 0 Å². The molecule has 0 aliphatic carbocycles. The van der Waals surface area contributed by atoms with Gasteiger partial charge in [-0.2, -0.15) is 5.10 Å². The molecular formula is C16H30ClN3. The molecule has 0 aromatic carbocycles. The summed E-state index contributed by atoms with van der Waals surface area (Å²) >= 11 is 6.55. The Bertz CT molecular complexity index is 426. The van der Waals surface area contributed by atoms with Crippen molar-refractivity contribution < 1.29 is 0 Å². The van der Waals surface area contributed by atoms with Crippen LogP contribution in [0.1, 0.15) is 52.9 Å². The highest BCUT2D eigenvalue weighted by atomic mass is 35.5. The Balaban J connectivity index is 3.07. The second-order valence-corrected chi connectivity index (χ2v) is 6.52. The molecule has 116 valence electrons. The van der Waals surface area contributed by atoms with Crippen LogP contribution in [0.3, 0.4) is 0 Å². The molecule has 0 saturated carbocycles. The van der Waals surface area contributed by atoms with Gasteiger partial charge in [-0.25, -0.2) is 0 Å². The number of nitrogens with one attached hydrogen (secondary N) is 1. The summed E-state index contributed by atoms with van der Waals surface area (Å²) in [6, 6.07) is 0. The molecule has 4 heteroatoms. The average Bonchev–Trinajstić information content (AvgIpc) is 2.72. The molecule has 0 amide bonds. The summed E-state index contributed by atoms with van der Waals surface area (Å²) in [5, 5.41) is 9.00. The van der Waals surface area contributed by atoms with E-state index in [1.54, 1.807) is 0 Å². The van der Waals surface area contributed by atoms with Crippen LogP contribution in [0.25, 0.3) is 0 Å². The van der Waals surface area contributed by atoms with Crippen molar-refractivity contribution in [1.82, 2.24) is 15.1 Å². The van der Waals surface area contributed by atoms with Crippen LogP contribution in [-0.2, 0) is 19.4 Å². The van der Waals surface area contributed by atoms with Gasteiger partial charge in [-0.15, -0.1) is 0 Å². The quantitative estimate of drug-likeness (QED) is 0.788. The zero-order valence-corrected chi connectivity index (χ0v) is 14.6. The zero-order chi connectivity index (χ0) is 15.3. The van der Waals surface area contributed by atoms with E-state index in [0.29, 0.717) is 5.92 Å². The average molecular weight is 300 g/mol. The summed E-state index contributed by atoms with van der Waals surface area (Å²) in [5.74, 6) is 0.586. The van der Waals surface area contributed by atoms with Crippen molar-refractivity contribution in [2.45, 2.75) is 60.9 Å². The normalized spacial score (nSPS) is 14.8. The molecule has 0 radical (unpaired) electrons. The van der Waals surface area contributed by atoms with Gasteiger partial charge in [0.2, 0.25) is 0 Å². The van der Waals surface area contributed by atoms with Gasteiger partial charge in [0.25, 0.3) is 0 Å². The molecule has 0 aliphatic heterocycles. The molecule has 0 fully saturated rings. The molecular weight excluding hydrogens is 270 g/mol. The third-order valence-electron chi connectivity index (χ3n) is 4.44. The number of aryl methyl sites for hydroxylation is 2. The van der Waals surface area contributed by atoms with E-state index >= 15 is 0 Å². The number of rotatable bonds is 8. The summed E-state index contributed by atoms with van der Waals surface area (Å²) in [6.45, 7) is 16.2. The van der Waals surface area contributed by atoms with Gasteiger partial charge < -0.3 is 5.32 Å². The van der Waals surface area contributed by atoms with Gasteiger partial charge >= 0.3 is 0 Å². The standard InChI is InChI=1S/C16H30ClN3/c1-7-13-15(17)14(20(9-3)19-13)10-16(6,12(4)5)11-18-8-2/h12,18H,7-11H2,1-6H3. The molecule has 1 N–H and O–H groups in total. The first-order valence-corrected chi connectivity index (χ1v) is 8.22. The monoisotopic (exact) mass is 299 g/mol. The van der Waals surface area contributed by atoms with Crippen molar-refractivity contribution in [3.8, 4) is 0 Å². The maximum Gasteiger partial charge on any atom is 0.0850 e. The van der Waals surface area contributed by atoms with Crippen LogP contribution in [0, 0.1) is 11.3 Å². The molecule has 0 aliphatic rings.